The number of fused-ring (bicyclic) bond motifs is 1. The Morgan fingerprint density at radius 3 is 2.88 bits per heavy atom. The minimum atomic E-state index is 0. The molecule has 4 rings (SSSR count). The number of nitrogens with two attached hydrogens (primary N) is 1. The zero-order chi connectivity index (χ0) is 15.8. The van der Waals surface area contributed by atoms with Crippen molar-refractivity contribution in [1.29, 1.82) is 0 Å². The Morgan fingerprint density at radius 1 is 1.25 bits per heavy atom. The Kier molecular flexibility index (Phi) is 4.73. The van der Waals surface area contributed by atoms with Gasteiger partial charge in [0.05, 0.1) is 6.20 Å². The number of anilines is 1. The molecule has 1 aliphatic heterocycles. The number of hydrogen-bond acceptors (Lipinski definition) is 5. The summed E-state index contributed by atoms with van der Waals surface area (Å²) in [4.78, 5) is 6.88. The second kappa shape index (κ2) is 6.78. The summed E-state index contributed by atoms with van der Waals surface area (Å²) in [7, 11) is 1.92. The molecule has 1 fully saturated rings. The van der Waals surface area contributed by atoms with Gasteiger partial charge in [0, 0.05) is 43.7 Å². The number of rotatable bonds is 3. The fourth-order valence-corrected chi connectivity index (χ4v) is 3.34. The van der Waals surface area contributed by atoms with E-state index < -0.39 is 0 Å². The first-order valence-corrected chi connectivity index (χ1v) is 8.02. The van der Waals surface area contributed by atoms with E-state index in [2.05, 4.69) is 26.1 Å². The highest BCUT2D eigenvalue weighted by Gasteiger charge is 2.22. The molecule has 1 aliphatic rings. The summed E-state index contributed by atoms with van der Waals surface area (Å²) in [5, 5.41) is 8.60. The maximum atomic E-state index is 5.86. The Morgan fingerprint density at radius 2 is 2.12 bits per heavy atom. The van der Waals surface area contributed by atoms with Crippen molar-refractivity contribution in [1.82, 2.24) is 24.4 Å². The second-order valence-corrected chi connectivity index (χ2v) is 6.23. The predicted molar refractivity (Wildman–Crippen MR) is 96.4 cm³/mol. The van der Waals surface area contributed by atoms with Crippen molar-refractivity contribution in [3.63, 3.8) is 0 Å². The topological polar surface area (TPSA) is 77.3 Å². The summed E-state index contributed by atoms with van der Waals surface area (Å²) >= 11 is 0. The second-order valence-electron chi connectivity index (χ2n) is 6.23. The number of aryl methyl sites for hydroxylation is 1. The Labute approximate surface area is 146 Å². The van der Waals surface area contributed by atoms with Gasteiger partial charge >= 0.3 is 0 Å². The van der Waals surface area contributed by atoms with E-state index in [0.29, 0.717) is 5.92 Å². The normalized spacial score (nSPS) is 17.9. The third-order valence-electron chi connectivity index (χ3n) is 4.58. The molecule has 128 valence electrons. The van der Waals surface area contributed by atoms with Gasteiger partial charge in [-0.25, -0.2) is 9.50 Å². The average Bonchev–Trinajstić information content (AvgIpc) is 3.20. The van der Waals surface area contributed by atoms with E-state index in [9.17, 15) is 0 Å². The Balaban J connectivity index is 0.00000169. The highest BCUT2D eigenvalue weighted by molar-refractivity contribution is 5.85. The molecule has 0 aromatic carbocycles. The number of nitrogens with zero attached hydrogens (tertiary/aromatic N) is 6. The van der Waals surface area contributed by atoms with Crippen LogP contribution in [-0.4, -0.2) is 44.0 Å². The van der Waals surface area contributed by atoms with Crippen LogP contribution >= 0.6 is 12.4 Å². The van der Waals surface area contributed by atoms with Crippen LogP contribution in [0.5, 0.6) is 0 Å². The molecule has 2 N–H and O–H groups in total. The summed E-state index contributed by atoms with van der Waals surface area (Å²) in [5.74, 6) is 1.54. The van der Waals surface area contributed by atoms with Gasteiger partial charge in [0.15, 0.2) is 5.82 Å². The van der Waals surface area contributed by atoms with Gasteiger partial charge in [0.25, 0.3) is 0 Å². The third-order valence-corrected chi connectivity index (χ3v) is 4.58. The Hall–Kier alpha value is -2.12. The van der Waals surface area contributed by atoms with E-state index in [1.54, 1.807) is 11.0 Å². The SMILES string of the molecule is Cl.Cn1cc(-c2cc3c(N4CCCC(CN)C4)ncnn3c2)cn1. The molecule has 24 heavy (non-hydrogen) atoms. The molecule has 1 atom stereocenters. The summed E-state index contributed by atoms with van der Waals surface area (Å²) in [5.41, 5.74) is 9.09. The number of halogens is 1. The maximum Gasteiger partial charge on any atom is 0.156 e. The van der Waals surface area contributed by atoms with Crippen LogP contribution in [0.4, 0.5) is 5.82 Å². The van der Waals surface area contributed by atoms with Crippen LogP contribution in [0.1, 0.15) is 12.8 Å². The highest BCUT2D eigenvalue weighted by atomic mass is 35.5. The quantitative estimate of drug-likeness (QED) is 0.780. The van der Waals surface area contributed by atoms with Crippen LogP contribution in [0.25, 0.3) is 16.6 Å². The van der Waals surface area contributed by atoms with E-state index in [1.807, 2.05) is 30.2 Å². The van der Waals surface area contributed by atoms with Crippen molar-refractivity contribution in [2.75, 3.05) is 24.5 Å². The minimum Gasteiger partial charge on any atom is -0.354 e. The van der Waals surface area contributed by atoms with Crippen LogP contribution in [0.3, 0.4) is 0 Å². The van der Waals surface area contributed by atoms with Gasteiger partial charge in [-0.15, -0.1) is 12.4 Å². The summed E-state index contributed by atoms with van der Waals surface area (Å²) in [6.45, 7) is 2.73. The average molecular weight is 348 g/mol. The first kappa shape index (κ1) is 16.7. The van der Waals surface area contributed by atoms with Gasteiger partial charge in [-0.2, -0.15) is 10.2 Å². The van der Waals surface area contributed by atoms with Gasteiger partial charge in [-0.1, -0.05) is 0 Å². The van der Waals surface area contributed by atoms with Crippen molar-refractivity contribution in [2.24, 2.45) is 18.7 Å². The van der Waals surface area contributed by atoms with Crippen LogP contribution in [0.15, 0.2) is 31.0 Å². The molecule has 1 saturated heterocycles. The first-order chi connectivity index (χ1) is 11.2. The van der Waals surface area contributed by atoms with Crippen molar-refractivity contribution in [2.45, 2.75) is 12.8 Å². The fourth-order valence-electron chi connectivity index (χ4n) is 3.34. The number of aromatic nitrogens is 5. The van der Waals surface area contributed by atoms with E-state index in [4.69, 9.17) is 5.73 Å². The molecule has 3 aromatic rings. The van der Waals surface area contributed by atoms with Crippen molar-refractivity contribution in [3.05, 3.63) is 31.0 Å². The standard InChI is InChI=1S/C16H21N7.ClH/c1-21-9-14(7-19-21)13-5-15-16(18-11-20-23(15)10-13)22-4-2-3-12(6-17)8-22;/h5,7,9-12H,2-4,6,8,17H2,1H3;1H. The minimum absolute atomic E-state index is 0. The highest BCUT2D eigenvalue weighted by Crippen LogP contribution is 2.28. The zero-order valence-electron chi connectivity index (χ0n) is 13.7. The lowest BCUT2D eigenvalue weighted by atomic mass is 9.98. The lowest BCUT2D eigenvalue weighted by Crippen LogP contribution is -2.39. The summed E-state index contributed by atoms with van der Waals surface area (Å²) < 4.78 is 3.71. The molecule has 8 heteroatoms. The molecule has 0 spiro atoms. The molecule has 0 aliphatic carbocycles. The van der Waals surface area contributed by atoms with E-state index >= 15 is 0 Å². The van der Waals surface area contributed by atoms with Crippen LogP contribution in [0.2, 0.25) is 0 Å². The smallest absolute Gasteiger partial charge is 0.156 e. The van der Waals surface area contributed by atoms with Crippen LogP contribution < -0.4 is 10.6 Å². The van der Waals surface area contributed by atoms with Crippen molar-refractivity contribution >= 4 is 23.7 Å². The van der Waals surface area contributed by atoms with Gasteiger partial charge in [0.2, 0.25) is 0 Å². The maximum absolute atomic E-state index is 5.86. The molecular formula is C16H22ClN7. The largest absolute Gasteiger partial charge is 0.354 e. The van der Waals surface area contributed by atoms with E-state index in [0.717, 1.165) is 48.5 Å². The summed E-state index contributed by atoms with van der Waals surface area (Å²) in [6, 6.07) is 2.14. The lowest BCUT2D eigenvalue weighted by molar-refractivity contribution is 0.422. The zero-order valence-corrected chi connectivity index (χ0v) is 14.5. The molecule has 7 nitrogen and oxygen atoms in total. The summed E-state index contributed by atoms with van der Waals surface area (Å²) in [6.07, 6.45) is 9.90. The monoisotopic (exact) mass is 347 g/mol. The molecule has 0 saturated carbocycles. The first-order valence-electron chi connectivity index (χ1n) is 8.02. The molecule has 1 unspecified atom stereocenters. The molecule has 4 heterocycles. The molecular weight excluding hydrogens is 326 g/mol. The van der Waals surface area contributed by atoms with Crippen LogP contribution in [-0.2, 0) is 7.05 Å². The van der Waals surface area contributed by atoms with Gasteiger partial charge in [0.1, 0.15) is 11.8 Å². The van der Waals surface area contributed by atoms with Gasteiger partial charge in [-0.05, 0) is 31.4 Å². The van der Waals surface area contributed by atoms with Gasteiger partial charge in [-0.3, -0.25) is 4.68 Å². The number of piperidine rings is 1. The molecule has 0 amide bonds. The fraction of sp³-hybridized carbons (Fsp3) is 0.438. The molecule has 0 radical (unpaired) electrons. The van der Waals surface area contributed by atoms with Crippen molar-refractivity contribution in [3.8, 4) is 11.1 Å². The third kappa shape index (κ3) is 2.97. The predicted octanol–water partition coefficient (Wildman–Crippen LogP) is 1.73. The van der Waals surface area contributed by atoms with Gasteiger partial charge < -0.3 is 10.6 Å². The van der Waals surface area contributed by atoms with E-state index in [1.165, 1.54) is 6.42 Å². The Bertz CT molecular complexity index is 825. The van der Waals surface area contributed by atoms with Crippen LogP contribution in [0, 0.1) is 5.92 Å². The molecule has 3 aromatic heterocycles. The van der Waals surface area contributed by atoms with E-state index in [-0.39, 0.29) is 12.4 Å². The molecule has 0 bridgehead atoms. The number of hydrogen-bond donors (Lipinski definition) is 1. The van der Waals surface area contributed by atoms with Crippen molar-refractivity contribution < 1.29 is 0 Å². The lowest BCUT2D eigenvalue weighted by Gasteiger charge is -2.33.